The van der Waals surface area contributed by atoms with Crippen LogP contribution in [0.3, 0.4) is 0 Å². The van der Waals surface area contributed by atoms with Gasteiger partial charge in [-0.25, -0.2) is 19.9 Å². The van der Waals surface area contributed by atoms with Crippen molar-refractivity contribution in [1.82, 2.24) is 29.7 Å². The Labute approximate surface area is 183 Å². The van der Waals surface area contributed by atoms with Gasteiger partial charge in [0.25, 0.3) is 5.91 Å². The molecule has 0 bridgehead atoms. The number of hydrogen-bond acceptors (Lipinski definition) is 9. The van der Waals surface area contributed by atoms with Crippen molar-refractivity contribution in [1.29, 1.82) is 5.26 Å². The standard InChI is InChI=1S/C21H19N9O2/c1-12(2)28-16-5-18(30-20-14(8-27-30)4-13(6-22)7-26-20)24-9-15(16)21(31)29-17-10-25-19(32-3)11-23-17/h4-5,7-12H,1-3H3,(H,24,28)(H,23,29,31). The molecular weight excluding hydrogens is 410 g/mol. The van der Waals surface area contributed by atoms with Gasteiger partial charge in [0.15, 0.2) is 17.3 Å². The van der Waals surface area contributed by atoms with E-state index in [0.29, 0.717) is 39.5 Å². The number of aromatic nitrogens is 6. The van der Waals surface area contributed by atoms with E-state index in [9.17, 15) is 4.79 Å². The minimum Gasteiger partial charge on any atom is -0.480 e. The van der Waals surface area contributed by atoms with Gasteiger partial charge in [-0.1, -0.05) is 0 Å². The van der Waals surface area contributed by atoms with Crippen LogP contribution in [-0.2, 0) is 0 Å². The summed E-state index contributed by atoms with van der Waals surface area (Å²) >= 11 is 0. The molecule has 0 fully saturated rings. The fourth-order valence-corrected chi connectivity index (χ4v) is 2.99. The van der Waals surface area contributed by atoms with E-state index < -0.39 is 5.91 Å². The van der Waals surface area contributed by atoms with Gasteiger partial charge in [-0.3, -0.25) is 4.79 Å². The number of rotatable bonds is 6. The van der Waals surface area contributed by atoms with Crippen LogP contribution in [0.4, 0.5) is 11.5 Å². The van der Waals surface area contributed by atoms with Crippen LogP contribution in [0.2, 0.25) is 0 Å². The molecule has 11 nitrogen and oxygen atoms in total. The first-order valence-electron chi connectivity index (χ1n) is 9.66. The highest BCUT2D eigenvalue weighted by molar-refractivity contribution is 6.07. The highest BCUT2D eigenvalue weighted by Crippen LogP contribution is 2.23. The topological polar surface area (TPSA) is 144 Å². The number of nitrogens with one attached hydrogen (secondary N) is 2. The number of ether oxygens (including phenoxy) is 1. The molecule has 32 heavy (non-hydrogen) atoms. The molecular formula is C21H19N9O2. The molecule has 0 aliphatic heterocycles. The molecule has 0 saturated heterocycles. The molecule has 0 aromatic carbocycles. The molecule has 4 heterocycles. The third-order valence-corrected chi connectivity index (χ3v) is 4.41. The summed E-state index contributed by atoms with van der Waals surface area (Å²) in [6, 6.07) is 5.55. The number of hydrogen-bond donors (Lipinski definition) is 2. The lowest BCUT2D eigenvalue weighted by Crippen LogP contribution is -2.19. The zero-order valence-corrected chi connectivity index (χ0v) is 17.6. The molecule has 0 aliphatic carbocycles. The first-order chi connectivity index (χ1) is 15.5. The Morgan fingerprint density at radius 1 is 1.09 bits per heavy atom. The SMILES string of the molecule is COc1cnc(NC(=O)c2cnc(-n3ncc4cc(C#N)cnc43)cc2NC(C)C)cn1. The first-order valence-corrected chi connectivity index (χ1v) is 9.66. The molecule has 0 spiro atoms. The van der Waals surface area contributed by atoms with E-state index in [4.69, 9.17) is 10.00 Å². The Hall–Kier alpha value is -4.59. The fraction of sp³-hybridized carbons (Fsp3) is 0.190. The molecule has 0 saturated carbocycles. The number of carbonyl (C=O) groups excluding carboxylic acids is 1. The van der Waals surface area contributed by atoms with Crippen molar-refractivity contribution in [2.75, 3.05) is 17.7 Å². The van der Waals surface area contributed by atoms with Gasteiger partial charge >= 0.3 is 0 Å². The summed E-state index contributed by atoms with van der Waals surface area (Å²) in [6.07, 6.45) is 7.38. The Morgan fingerprint density at radius 3 is 2.62 bits per heavy atom. The maximum Gasteiger partial charge on any atom is 0.260 e. The quantitative estimate of drug-likeness (QED) is 0.472. The largest absolute Gasteiger partial charge is 0.480 e. The second-order valence-electron chi connectivity index (χ2n) is 7.09. The van der Waals surface area contributed by atoms with Gasteiger partial charge in [-0.15, -0.1) is 0 Å². The van der Waals surface area contributed by atoms with Crippen LogP contribution in [0.15, 0.2) is 43.1 Å². The van der Waals surface area contributed by atoms with Crippen molar-refractivity contribution >= 4 is 28.4 Å². The van der Waals surface area contributed by atoms with Crippen LogP contribution in [0.25, 0.3) is 16.9 Å². The number of nitrogens with zero attached hydrogens (tertiary/aromatic N) is 7. The first kappa shape index (κ1) is 20.7. The summed E-state index contributed by atoms with van der Waals surface area (Å²) < 4.78 is 6.53. The van der Waals surface area contributed by atoms with E-state index >= 15 is 0 Å². The summed E-state index contributed by atoms with van der Waals surface area (Å²) in [4.78, 5) is 29.8. The zero-order chi connectivity index (χ0) is 22.7. The van der Waals surface area contributed by atoms with Gasteiger partial charge < -0.3 is 15.4 Å². The van der Waals surface area contributed by atoms with Crippen LogP contribution >= 0.6 is 0 Å². The molecule has 4 aromatic rings. The molecule has 0 aliphatic rings. The summed E-state index contributed by atoms with van der Waals surface area (Å²) in [5.74, 6) is 0.707. The smallest absolute Gasteiger partial charge is 0.260 e. The van der Waals surface area contributed by atoms with E-state index in [1.165, 1.54) is 31.9 Å². The maximum atomic E-state index is 12.9. The molecule has 0 unspecified atom stereocenters. The van der Waals surface area contributed by atoms with Crippen molar-refractivity contribution in [2.45, 2.75) is 19.9 Å². The van der Waals surface area contributed by atoms with Gasteiger partial charge in [0.1, 0.15) is 6.07 Å². The molecule has 4 rings (SSSR count). The summed E-state index contributed by atoms with van der Waals surface area (Å²) in [5, 5.41) is 20.1. The van der Waals surface area contributed by atoms with E-state index in [-0.39, 0.29) is 11.9 Å². The number of pyridine rings is 2. The van der Waals surface area contributed by atoms with Crippen molar-refractivity contribution in [2.24, 2.45) is 0 Å². The predicted molar refractivity (Wildman–Crippen MR) is 117 cm³/mol. The number of nitriles is 1. The Bertz CT molecular complexity index is 1320. The van der Waals surface area contributed by atoms with Gasteiger partial charge in [-0.05, 0) is 19.9 Å². The van der Waals surface area contributed by atoms with Crippen molar-refractivity contribution in [3.63, 3.8) is 0 Å². The van der Waals surface area contributed by atoms with Crippen LogP contribution in [0, 0.1) is 11.3 Å². The number of amides is 1. The van der Waals surface area contributed by atoms with Crippen molar-refractivity contribution in [3.05, 3.63) is 54.2 Å². The molecule has 1 amide bonds. The third-order valence-electron chi connectivity index (χ3n) is 4.41. The number of carbonyl (C=O) groups is 1. The van der Waals surface area contributed by atoms with E-state index in [0.717, 1.165) is 0 Å². The van der Waals surface area contributed by atoms with Crippen LogP contribution in [0.1, 0.15) is 29.8 Å². The second kappa shape index (κ2) is 8.65. The average Bonchev–Trinajstić information content (AvgIpc) is 3.22. The van der Waals surface area contributed by atoms with Crippen molar-refractivity contribution in [3.8, 4) is 17.8 Å². The lowest BCUT2D eigenvalue weighted by atomic mass is 10.2. The zero-order valence-electron chi connectivity index (χ0n) is 17.6. The fourth-order valence-electron chi connectivity index (χ4n) is 2.99. The third kappa shape index (κ3) is 4.15. The minimum atomic E-state index is -0.395. The Balaban J connectivity index is 1.68. The Kier molecular flexibility index (Phi) is 5.59. The summed E-state index contributed by atoms with van der Waals surface area (Å²) in [7, 11) is 1.49. The molecule has 160 valence electrons. The number of fused-ring (bicyclic) bond motifs is 1. The molecule has 2 N–H and O–H groups in total. The monoisotopic (exact) mass is 429 g/mol. The average molecular weight is 429 g/mol. The maximum absolute atomic E-state index is 12.9. The second-order valence-corrected chi connectivity index (χ2v) is 7.09. The summed E-state index contributed by atoms with van der Waals surface area (Å²) in [5.41, 5.74) is 1.90. The summed E-state index contributed by atoms with van der Waals surface area (Å²) in [6.45, 7) is 3.93. The Morgan fingerprint density at radius 2 is 1.94 bits per heavy atom. The van der Waals surface area contributed by atoms with Crippen molar-refractivity contribution < 1.29 is 9.53 Å². The number of anilines is 2. The van der Waals surface area contributed by atoms with Crippen LogP contribution in [-0.4, -0.2) is 48.8 Å². The molecule has 11 heteroatoms. The van der Waals surface area contributed by atoms with Crippen LogP contribution in [0.5, 0.6) is 5.88 Å². The molecule has 0 atom stereocenters. The van der Waals surface area contributed by atoms with E-state index in [2.05, 4.69) is 41.7 Å². The van der Waals surface area contributed by atoms with Crippen LogP contribution < -0.4 is 15.4 Å². The van der Waals surface area contributed by atoms with Gasteiger partial charge in [-0.2, -0.15) is 15.0 Å². The van der Waals surface area contributed by atoms with Gasteiger partial charge in [0.05, 0.1) is 42.5 Å². The predicted octanol–water partition coefficient (Wildman–Crippen LogP) is 2.56. The lowest BCUT2D eigenvalue weighted by molar-refractivity contribution is 0.102. The van der Waals surface area contributed by atoms with E-state index in [1.807, 2.05) is 13.8 Å². The highest BCUT2D eigenvalue weighted by atomic mass is 16.5. The molecule has 0 radical (unpaired) electrons. The molecule has 4 aromatic heterocycles. The van der Waals surface area contributed by atoms with E-state index in [1.54, 1.807) is 23.0 Å². The number of methoxy groups -OCH3 is 1. The van der Waals surface area contributed by atoms with Gasteiger partial charge in [0, 0.05) is 29.9 Å². The van der Waals surface area contributed by atoms with Gasteiger partial charge in [0.2, 0.25) is 5.88 Å². The lowest BCUT2D eigenvalue weighted by Gasteiger charge is -2.15. The minimum absolute atomic E-state index is 0.0586. The normalized spacial score (nSPS) is 10.7. The highest BCUT2D eigenvalue weighted by Gasteiger charge is 2.17.